The highest BCUT2D eigenvalue weighted by Crippen LogP contribution is 2.26. The first-order valence-electron chi connectivity index (χ1n) is 11.1. The number of allylic oxidation sites excluding steroid dienone is 4. The van der Waals surface area contributed by atoms with Gasteiger partial charge in [-0.2, -0.15) is 0 Å². The van der Waals surface area contributed by atoms with Crippen molar-refractivity contribution in [2.45, 2.75) is 25.7 Å². The Labute approximate surface area is 182 Å². The van der Waals surface area contributed by atoms with Gasteiger partial charge in [0.2, 0.25) is 5.88 Å². The zero-order valence-corrected chi connectivity index (χ0v) is 17.6. The van der Waals surface area contributed by atoms with E-state index in [1.807, 2.05) is 6.20 Å². The number of rotatable bonds is 6. The predicted molar refractivity (Wildman–Crippen MR) is 119 cm³/mol. The van der Waals surface area contributed by atoms with Crippen LogP contribution in [0, 0.1) is 5.82 Å². The molecule has 31 heavy (non-hydrogen) atoms. The van der Waals surface area contributed by atoms with Crippen LogP contribution in [0.5, 0.6) is 0 Å². The Bertz CT molecular complexity index is 1060. The van der Waals surface area contributed by atoms with Gasteiger partial charge in [-0.05, 0) is 61.6 Å². The first-order valence-corrected chi connectivity index (χ1v) is 11.1. The van der Waals surface area contributed by atoms with Crippen LogP contribution in [0.4, 0.5) is 4.39 Å². The molecule has 0 unspecified atom stereocenters. The third-order valence-corrected chi connectivity index (χ3v) is 6.24. The maximum Gasteiger partial charge on any atom is 0.231 e. The molecule has 6 heteroatoms. The van der Waals surface area contributed by atoms with Crippen LogP contribution in [0.2, 0.25) is 0 Å². The van der Waals surface area contributed by atoms with E-state index < -0.39 is 0 Å². The monoisotopic (exact) mass is 421 g/mol. The molecule has 5 rings (SSSR count). The zero-order chi connectivity index (χ0) is 21.0. The molecule has 2 aromatic rings. The number of piperazine rings is 1. The van der Waals surface area contributed by atoms with Gasteiger partial charge in [0.05, 0.1) is 0 Å². The first-order chi connectivity index (χ1) is 15.3. The molecule has 1 aliphatic carbocycles. The Morgan fingerprint density at radius 2 is 1.97 bits per heavy atom. The Kier molecular flexibility index (Phi) is 5.80. The smallest absolute Gasteiger partial charge is 0.231 e. The fraction of sp³-hybridized carbons (Fsp3) is 0.360. The minimum absolute atomic E-state index is 0.179. The summed E-state index contributed by atoms with van der Waals surface area (Å²) in [5, 5.41) is 0.999. The SMILES string of the molecule is Fc1ccc2[nH]cc(CCCN3CCN(C4=COC(C5=CC=CCC5)=CO4)CC3)c2c1. The fourth-order valence-electron chi connectivity index (χ4n) is 4.43. The van der Waals surface area contributed by atoms with Crippen molar-refractivity contribution in [1.82, 2.24) is 14.8 Å². The number of hydrogen-bond donors (Lipinski definition) is 1. The molecule has 3 aliphatic rings. The summed E-state index contributed by atoms with van der Waals surface area (Å²) in [6, 6.07) is 4.93. The Morgan fingerprint density at radius 3 is 2.74 bits per heavy atom. The second-order valence-electron chi connectivity index (χ2n) is 8.27. The molecule has 0 radical (unpaired) electrons. The number of nitrogens with one attached hydrogen (secondary N) is 1. The van der Waals surface area contributed by atoms with Gasteiger partial charge in [0.15, 0.2) is 12.0 Å². The van der Waals surface area contributed by atoms with E-state index >= 15 is 0 Å². The standard InChI is InChI=1S/C25H28FN3O2/c26-21-8-9-23-22(15-21)20(16-27-23)7-4-10-28-11-13-29(14-12-28)25-18-30-24(17-31-25)19-5-2-1-3-6-19/h1-2,5,8-9,15-18,27H,3-4,6-7,10-14H2. The molecular formula is C25H28FN3O2. The number of nitrogens with zero attached hydrogens (tertiary/aromatic N) is 2. The summed E-state index contributed by atoms with van der Waals surface area (Å²) in [6.45, 7) is 4.87. The van der Waals surface area contributed by atoms with Crippen LogP contribution in [0.1, 0.15) is 24.8 Å². The van der Waals surface area contributed by atoms with E-state index in [1.165, 1.54) is 17.2 Å². The highest BCUT2D eigenvalue weighted by atomic mass is 19.1. The summed E-state index contributed by atoms with van der Waals surface area (Å²) in [5.74, 6) is 1.42. The molecule has 0 amide bonds. The van der Waals surface area contributed by atoms with Crippen LogP contribution in [-0.2, 0) is 15.9 Å². The highest BCUT2D eigenvalue weighted by molar-refractivity contribution is 5.83. The maximum atomic E-state index is 13.6. The zero-order valence-electron chi connectivity index (χ0n) is 17.6. The van der Waals surface area contributed by atoms with Gasteiger partial charge < -0.3 is 19.4 Å². The second kappa shape index (κ2) is 9.02. The van der Waals surface area contributed by atoms with Crippen molar-refractivity contribution in [1.29, 1.82) is 0 Å². The Balaban J connectivity index is 1.07. The van der Waals surface area contributed by atoms with Crippen molar-refractivity contribution < 1.29 is 13.9 Å². The first kappa shape index (κ1) is 19.9. The Morgan fingerprint density at radius 1 is 1.06 bits per heavy atom. The van der Waals surface area contributed by atoms with E-state index in [0.717, 1.165) is 81.0 Å². The number of benzene rings is 1. The molecule has 1 fully saturated rings. The van der Waals surface area contributed by atoms with Crippen molar-refractivity contribution in [3.63, 3.8) is 0 Å². The minimum Gasteiger partial charge on any atom is -0.456 e. The van der Waals surface area contributed by atoms with Crippen LogP contribution in [0.25, 0.3) is 10.9 Å². The summed E-state index contributed by atoms with van der Waals surface area (Å²) in [4.78, 5) is 7.96. The minimum atomic E-state index is -0.179. The topological polar surface area (TPSA) is 40.7 Å². The molecule has 1 N–H and O–H groups in total. The van der Waals surface area contributed by atoms with Crippen LogP contribution < -0.4 is 0 Å². The van der Waals surface area contributed by atoms with Crippen LogP contribution >= 0.6 is 0 Å². The van der Waals surface area contributed by atoms with Crippen molar-refractivity contribution in [3.8, 4) is 0 Å². The van der Waals surface area contributed by atoms with E-state index in [-0.39, 0.29) is 5.82 Å². The van der Waals surface area contributed by atoms with Gasteiger partial charge >= 0.3 is 0 Å². The number of aryl methyl sites for hydroxylation is 1. The number of halogens is 1. The number of fused-ring (bicyclic) bond motifs is 1. The number of hydrogen-bond acceptors (Lipinski definition) is 4. The van der Waals surface area contributed by atoms with Gasteiger partial charge in [-0.1, -0.05) is 18.2 Å². The lowest BCUT2D eigenvalue weighted by Crippen LogP contribution is -2.46. The lowest BCUT2D eigenvalue weighted by molar-refractivity contribution is 0.0842. The summed E-state index contributed by atoms with van der Waals surface area (Å²) < 4.78 is 25.3. The van der Waals surface area contributed by atoms with Gasteiger partial charge in [-0.3, -0.25) is 4.90 Å². The van der Waals surface area contributed by atoms with E-state index in [4.69, 9.17) is 9.47 Å². The number of aromatic nitrogens is 1. The fourth-order valence-corrected chi connectivity index (χ4v) is 4.43. The lowest BCUT2D eigenvalue weighted by atomic mass is 10.0. The summed E-state index contributed by atoms with van der Waals surface area (Å²) >= 11 is 0. The Hall–Kier alpha value is -2.99. The quantitative estimate of drug-likeness (QED) is 0.726. The molecule has 0 spiro atoms. The molecule has 1 aromatic carbocycles. The second-order valence-corrected chi connectivity index (χ2v) is 8.27. The van der Waals surface area contributed by atoms with E-state index in [9.17, 15) is 4.39 Å². The summed E-state index contributed by atoms with van der Waals surface area (Å²) in [7, 11) is 0. The number of H-pyrrole nitrogens is 1. The van der Waals surface area contributed by atoms with Gasteiger partial charge in [0, 0.05) is 43.3 Å². The molecule has 0 atom stereocenters. The molecule has 162 valence electrons. The van der Waals surface area contributed by atoms with E-state index in [1.54, 1.807) is 24.7 Å². The molecule has 5 nitrogen and oxygen atoms in total. The van der Waals surface area contributed by atoms with E-state index in [0.29, 0.717) is 0 Å². The van der Waals surface area contributed by atoms with Crippen LogP contribution in [0.3, 0.4) is 0 Å². The predicted octanol–water partition coefficient (Wildman–Crippen LogP) is 4.82. The van der Waals surface area contributed by atoms with E-state index in [2.05, 4.69) is 33.0 Å². The molecule has 2 aliphatic heterocycles. The normalized spacial score (nSPS) is 19.5. The van der Waals surface area contributed by atoms with Crippen molar-refractivity contribution in [3.05, 3.63) is 83.7 Å². The largest absolute Gasteiger partial charge is 0.456 e. The molecule has 0 bridgehead atoms. The van der Waals surface area contributed by atoms with Crippen LogP contribution in [-0.4, -0.2) is 47.5 Å². The van der Waals surface area contributed by atoms with Crippen LogP contribution in [0.15, 0.2) is 72.4 Å². The molecule has 1 aromatic heterocycles. The van der Waals surface area contributed by atoms with Crippen molar-refractivity contribution in [2.75, 3.05) is 32.7 Å². The third-order valence-electron chi connectivity index (χ3n) is 6.24. The molecule has 3 heterocycles. The van der Waals surface area contributed by atoms with Gasteiger partial charge in [-0.25, -0.2) is 4.39 Å². The molecule has 1 saturated heterocycles. The van der Waals surface area contributed by atoms with Gasteiger partial charge in [-0.15, -0.1) is 0 Å². The maximum absolute atomic E-state index is 13.6. The van der Waals surface area contributed by atoms with Gasteiger partial charge in [0.25, 0.3) is 0 Å². The highest BCUT2D eigenvalue weighted by Gasteiger charge is 2.22. The molecule has 0 saturated carbocycles. The van der Waals surface area contributed by atoms with Gasteiger partial charge in [0.1, 0.15) is 12.1 Å². The average molecular weight is 422 g/mol. The third kappa shape index (κ3) is 4.54. The average Bonchev–Trinajstić information content (AvgIpc) is 3.22. The lowest BCUT2D eigenvalue weighted by Gasteiger charge is -2.36. The summed E-state index contributed by atoms with van der Waals surface area (Å²) in [5.41, 5.74) is 3.37. The number of ether oxygens (including phenoxy) is 2. The molecular weight excluding hydrogens is 393 g/mol. The number of aromatic amines is 1. The van der Waals surface area contributed by atoms with Crippen molar-refractivity contribution >= 4 is 10.9 Å². The summed E-state index contributed by atoms with van der Waals surface area (Å²) in [6.07, 6.45) is 15.8. The van der Waals surface area contributed by atoms with Crippen molar-refractivity contribution in [2.24, 2.45) is 0 Å².